The van der Waals surface area contributed by atoms with Gasteiger partial charge in [-0.15, -0.1) is 0 Å². The van der Waals surface area contributed by atoms with Crippen LogP contribution in [0.4, 0.5) is 0 Å². The van der Waals surface area contributed by atoms with Crippen LogP contribution in [0.1, 0.15) is 38.1 Å². The van der Waals surface area contributed by atoms with Crippen molar-refractivity contribution in [3.8, 4) is 0 Å². The van der Waals surface area contributed by atoms with E-state index in [2.05, 4.69) is 21.0 Å². The molecule has 0 unspecified atom stereocenters. The summed E-state index contributed by atoms with van der Waals surface area (Å²) in [7, 11) is 0. The van der Waals surface area contributed by atoms with Crippen molar-refractivity contribution in [3.05, 3.63) is 33.0 Å². The van der Waals surface area contributed by atoms with Crippen molar-refractivity contribution in [3.63, 3.8) is 0 Å². The van der Waals surface area contributed by atoms with Gasteiger partial charge in [0.2, 0.25) is 0 Å². The molecule has 0 aliphatic heterocycles. The normalized spacial score (nSPS) is 17.7. The maximum absolute atomic E-state index is 12.3. The van der Waals surface area contributed by atoms with Crippen molar-refractivity contribution < 1.29 is 0 Å². The van der Waals surface area contributed by atoms with Crippen LogP contribution in [0.3, 0.4) is 0 Å². The second-order valence-electron chi connectivity index (χ2n) is 4.74. The van der Waals surface area contributed by atoms with E-state index in [1.54, 1.807) is 0 Å². The Hall–Kier alpha value is -1.03. The molecule has 1 aliphatic rings. The fourth-order valence-corrected chi connectivity index (χ4v) is 3.17. The monoisotopic (exact) mass is 294 g/mol. The summed E-state index contributed by atoms with van der Waals surface area (Å²) in [6.07, 6.45) is 5.99. The highest BCUT2D eigenvalue weighted by atomic mass is 79.9. The molecule has 1 aromatic heterocycles. The average molecular weight is 295 g/mol. The molecule has 3 nitrogen and oxygen atoms in total. The van der Waals surface area contributed by atoms with Gasteiger partial charge in [0.05, 0.1) is 16.9 Å². The second-order valence-corrected chi connectivity index (χ2v) is 5.60. The van der Waals surface area contributed by atoms with E-state index in [4.69, 9.17) is 0 Å². The molecule has 1 N–H and O–H groups in total. The number of hydrogen-bond acceptors (Lipinski definition) is 1. The summed E-state index contributed by atoms with van der Waals surface area (Å²) in [5, 5.41) is 4.04. The molecular weight excluding hydrogens is 280 g/mol. The molecular formula is C13H15BrN2O. The summed E-state index contributed by atoms with van der Waals surface area (Å²) in [5.41, 5.74) is 1.04. The highest BCUT2D eigenvalue weighted by Gasteiger charge is 2.19. The molecule has 3 rings (SSSR count). The Kier molecular flexibility index (Phi) is 2.82. The van der Waals surface area contributed by atoms with E-state index in [0.29, 0.717) is 6.04 Å². The maximum atomic E-state index is 12.3. The zero-order valence-corrected chi connectivity index (χ0v) is 11.2. The first-order valence-corrected chi connectivity index (χ1v) is 6.95. The van der Waals surface area contributed by atoms with E-state index in [1.807, 2.05) is 22.9 Å². The number of H-pyrrole nitrogens is 1. The number of nitrogens with one attached hydrogen (secondary N) is 1. The molecule has 1 saturated carbocycles. The Labute approximate surface area is 108 Å². The van der Waals surface area contributed by atoms with Gasteiger partial charge < -0.3 is 0 Å². The third kappa shape index (κ3) is 1.84. The number of aromatic nitrogens is 2. The number of rotatable bonds is 1. The van der Waals surface area contributed by atoms with Crippen molar-refractivity contribution in [1.29, 1.82) is 0 Å². The Bertz CT molecular complexity index is 593. The lowest BCUT2D eigenvalue weighted by molar-refractivity contribution is 0.325. The standard InChI is InChI=1S/C13H15BrN2O/c14-11-8-4-7-10-12(11)15-16(13(10)17)9-5-2-1-3-6-9/h4,7-9,15H,1-3,5-6H2. The van der Waals surface area contributed by atoms with Crippen LogP contribution in [-0.2, 0) is 0 Å². The highest BCUT2D eigenvalue weighted by molar-refractivity contribution is 9.10. The summed E-state index contributed by atoms with van der Waals surface area (Å²) in [6, 6.07) is 6.12. The topological polar surface area (TPSA) is 37.8 Å². The molecule has 1 heterocycles. The lowest BCUT2D eigenvalue weighted by Crippen LogP contribution is -2.24. The van der Waals surface area contributed by atoms with Gasteiger partial charge >= 0.3 is 0 Å². The predicted molar refractivity (Wildman–Crippen MR) is 72.4 cm³/mol. The molecule has 0 bridgehead atoms. The van der Waals surface area contributed by atoms with Gasteiger partial charge in [-0.25, -0.2) is 4.68 Å². The number of aromatic amines is 1. The SMILES string of the molecule is O=c1c2cccc(Br)c2[nH]n1C1CCCCC1. The Morgan fingerprint density at radius 2 is 2.00 bits per heavy atom. The fourth-order valence-electron chi connectivity index (χ4n) is 2.71. The number of benzene rings is 1. The summed E-state index contributed by atoms with van der Waals surface area (Å²) in [4.78, 5) is 12.3. The molecule has 0 radical (unpaired) electrons. The van der Waals surface area contributed by atoms with Crippen LogP contribution in [0, 0.1) is 0 Å². The Morgan fingerprint density at radius 3 is 2.71 bits per heavy atom. The minimum atomic E-state index is 0.119. The van der Waals surface area contributed by atoms with E-state index in [0.717, 1.165) is 28.2 Å². The fraction of sp³-hybridized carbons (Fsp3) is 0.462. The lowest BCUT2D eigenvalue weighted by Gasteiger charge is -2.21. The third-order valence-corrected chi connectivity index (χ3v) is 4.30. The molecule has 1 aromatic carbocycles. The van der Waals surface area contributed by atoms with E-state index < -0.39 is 0 Å². The van der Waals surface area contributed by atoms with Crippen molar-refractivity contribution >= 4 is 26.8 Å². The van der Waals surface area contributed by atoms with Gasteiger partial charge in [-0.1, -0.05) is 25.3 Å². The molecule has 0 saturated heterocycles. The minimum absolute atomic E-state index is 0.119. The average Bonchev–Trinajstić information content (AvgIpc) is 2.70. The van der Waals surface area contributed by atoms with Gasteiger partial charge in [0, 0.05) is 4.47 Å². The summed E-state index contributed by atoms with van der Waals surface area (Å²) in [6.45, 7) is 0. The molecule has 0 atom stereocenters. The van der Waals surface area contributed by atoms with Crippen LogP contribution >= 0.6 is 15.9 Å². The van der Waals surface area contributed by atoms with Gasteiger partial charge in [-0.05, 0) is 40.9 Å². The van der Waals surface area contributed by atoms with E-state index in [9.17, 15) is 4.79 Å². The third-order valence-electron chi connectivity index (χ3n) is 3.63. The molecule has 1 aliphatic carbocycles. The predicted octanol–water partition coefficient (Wildman–Crippen LogP) is 3.60. The molecule has 0 spiro atoms. The van der Waals surface area contributed by atoms with Gasteiger partial charge in [0.25, 0.3) is 5.56 Å². The minimum Gasteiger partial charge on any atom is -0.294 e. The van der Waals surface area contributed by atoms with Crippen LogP contribution in [0.25, 0.3) is 10.9 Å². The number of halogens is 1. The van der Waals surface area contributed by atoms with Gasteiger partial charge in [0.15, 0.2) is 0 Å². The molecule has 0 amide bonds. The zero-order chi connectivity index (χ0) is 11.8. The van der Waals surface area contributed by atoms with Crippen LogP contribution in [-0.4, -0.2) is 9.78 Å². The zero-order valence-electron chi connectivity index (χ0n) is 9.58. The number of para-hydroxylation sites is 1. The van der Waals surface area contributed by atoms with E-state index in [1.165, 1.54) is 19.3 Å². The Morgan fingerprint density at radius 1 is 1.24 bits per heavy atom. The quantitative estimate of drug-likeness (QED) is 0.857. The maximum Gasteiger partial charge on any atom is 0.274 e. The van der Waals surface area contributed by atoms with Crippen molar-refractivity contribution in [2.45, 2.75) is 38.1 Å². The van der Waals surface area contributed by atoms with E-state index >= 15 is 0 Å². The summed E-state index contributed by atoms with van der Waals surface area (Å²) >= 11 is 3.48. The van der Waals surface area contributed by atoms with Crippen LogP contribution in [0.5, 0.6) is 0 Å². The van der Waals surface area contributed by atoms with Crippen LogP contribution < -0.4 is 5.56 Å². The van der Waals surface area contributed by atoms with Crippen molar-refractivity contribution in [2.24, 2.45) is 0 Å². The van der Waals surface area contributed by atoms with E-state index in [-0.39, 0.29) is 5.56 Å². The van der Waals surface area contributed by atoms with Crippen molar-refractivity contribution in [1.82, 2.24) is 9.78 Å². The first-order valence-electron chi connectivity index (χ1n) is 6.16. The van der Waals surface area contributed by atoms with Gasteiger partial charge in [0.1, 0.15) is 0 Å². The molecule has 4 heteroatoms. The van der Waals surface area contributed by atoms with Crippen molar-refractivity contribution in [2.75, 3.05) is 0 Å². The summed E-state index contributed by atoms with van der Waals surface area (Å²) < 4.78 is 2.79. The highest BCUT2D eigenvalue weighted by Crippen LogP contribution is 2.28. The Balaban J connectivity index is 2.14. The largest absolute Gasteiger partial charge is 0.294 e. The molecule has 2 aromatic rings. The number of hydrogen-bond donors (Lipinski definition) is 1. The van der Waals surface area contributed by atoms with Crippen LogP contribution in [0.2, 0.25) is 0 Å². The lowest BCUT2D eigenvalue weighted by atomic mass is 9.96. The molecule has 90 valence electrons. The number of fused-ring (bicyclic) bond motifs is 1. The van der Waals surface area contributed by atoms with Gasteiger partial charge in [-0.3, -0.25) is 9.89 Å². The van der Waals surface area contributed by atoms with Crippen LogP contribution in [0.15, 0.2) is 27.5 Å². The van der Waals surface area contributed by atoms with Gasteiger partial charge in [-0.2, -0.15) is 0 Å². The summed E-state index contributed by atoms with van der Waals surface area (Å²) in [5.74, 6) is 0. The first kappa shape index (κ1) is 11.1. The molecule has 1 fully saturated rings. The second kappa shape index (κ2) is 4.33. The smallest absolute Gasteiger partial charge is 0.274 e. The first-order chi connectivity index (χ1) is 8.27. The number of nitrogens with zero attached hydrogens (tertiary/aromatic N) is 1. The molecule has 17 heavy (non-hydrogen) atoms.